The van der Waals surface area contributed by atoms with Crippen LogP contribution >= 0.6 is 0 Å². The zero-order valence-electron chi connectivity index (χ0n) is 36.7. The van der Waals surface area contributed by atoms with Crippen LogP contribution in [0, 0.1) is 0 Å². The molecule has 0 unspecified atom stereocenters. The van der Waals surface area contributed by atoms with Crippen LogP contribution < -0.4 is 31.1 Å². The molecule has 6 aromatic carbocycles. The summed E-state index contributed by atoms with van der Waals surface area (Å²) in [7, 11) is -14.5. The van der Waals surface area contributed by atoms with E-state index in [1.54, 1.807) is 0 Å². The quantitative estimate of drug-likeness (QED) is 0.143. The Morgan fingerprint density at radius 3 is 0.780 bits per heavy atom. The topological polar surface area (TPSA) is 37.5 Å². The first-order valence-corrected chi connectivity index (χ1v) is 38.6. The molecule has 11 heteroatoms. The fourth-order valence-electron chi connectivity index (χ4n) is 10.4. The Balaban J connectivity index is 1.37. The smallest absolute Gasteiger partial charge is 0.206 e. The standard InChI is InChI=1S/C48H56N2O3Si6/c1-54(2)35-17-13-15-33(27-35)49-45-23-19-37-29-41(45)42-30-38(20-24-46(42)49)57(7,8)53-59(11,12)40-22-26-48-44(32-40)43-31-39(58(9,10)52-56(37,5)6)21-25-47(43)50(48)34-16-14-18-36(28-34)55(3,4)51-54/h13-32H,1-12H3. The summed E-state index contributed by atoms with van der Waals surface area (Å²) >= 11 is 0. The minimum atomic E-state index is -2.42. The van der Waals surface area contributed by atoms with Crippen LogP contribution in [0.3, 0.4) is 0 Å². The second kappa shape index (κ2) is 12.8. The van der Waals surface area contributed by atoms with Crippen molar-refractivity contribution in [1.29, 1.82) is 0 Å². The van der Waals surface area contributed by atoms with Crippen LogP contribution in [-0.4, -0.2) is 59.0 Å². The van der Waals surface area contributed by atoms with Gasteiger partial charge in [-0.05, 0) is 158 Å². The Kier molecular flexibility index (Phi) is 8.53. The molecule has 18 bridgehead atoms. The van der Waals surface area contributed by atoms with Crippen LogP contribution in [-0.2, 0) is 12.3 Å². The van der Waals surface area contributed by atoms with Gasteiger partial charge in [0.2, 0.25) is 49.9 Å². The van der Waals surface area contributed by atoms with Crippen LogP contribution in [0.5, 0.6) is 0 Å². The first-order valence-electron chi connectivity index (χ1n) is 21.2. The lowest BCUT2D eigenvalue weighted by Crippen LogP contribution is -2.57. The second-order valence-electron chi connectivity index (χ2n) is 20.1. The average Bonchev–Trinajstić information content (AvgIpc) is 3.68. The van der Waals surface area contributed by atoms with Gasteiger partial charge in [0, 0.05) is 32.9 Å². The number of benzene rings is 6. The molecule has 0 saturated carbocycles. The Bertz CT molecular complexity index is 2720. The maximum Gasteiger partial charge on any atom is 0.206 e. The summed E-state index contributed by atoms with van der Waals surface area (Å²) in [4.78, 5) is 0. The van der Waals surface area contributed by atoms with E-state index in [0.29, 0.717) is 0 Å². The van der Waals surface area contributed by atoms with E-state index in [1.165, 1.54) is 86.1 Å². The summed E-state index contributed by atoms with van der Waals surface area (Å²) in [5.41, 5.74) is 7.21. The average molecular weight is 878 g/mol. The third kappa shape index (κ3) is 6.18. The molecule has 300 valence electrons. The molecule has 0 N–H and O–H groups in total. The van der Waals surface area contributed by atoms with Crippen LogP contribution in [0.25, 0.3) is 55.0 Å². The lowest BCUT2D eigenvalue weighted by Gasteiger charge is -2.35. The molecule has 5 nitrogen and oxygen atoms in total. The van der Waals surface area contributed by atoms with Crippen molar-refractivity contribution in [1.82, 2.24) is 9.13 Å². The predicted octanol–water partition coefficient (Wildman–Crippen LogP) is 9.13. The third-order valence-corrected chi connectivity index (χ3v) is 35.9. The fourth-order valence-corrected chi connectivity index (χ4v) is 34.4. The van der Waals surface area contributed by atoms with Gasteiger partial charge < -0.3 is 21.5 Å². The molecule has 7 aliphatic rings. The normalized spacial score (nSPS) is 19.8. The van der Waals surface area contributed by atoms with E-state index < -0.39 is 49.9 Å². The molecule has 8 aromatic rings. The van der Waals surface area contributed by atoms with Gasteiger partial charge in [0.05, 0.1) is 22.1 Å². The van der Waals surface area contributed by atoms with Crippen molar-refractivity contribution < 1.29 is 12.3 Å². The van der Waals surface area contributed by atoms with Crippen LogP contribution in [0.4, 0.5) is 0 Å². The van der Waals surface area contributed by atoms with Crippen molar-refractivity contribution in [2.75, 3.05) is 0 Å². The van der Waals surface area contributed by atoms with Crippen LogP contribution in [0.2, 0.25) is 78.6 Å². The maximum atomic E-state index is 7.60. The number of aromatic nitrogens is 2. The van der Waals surface area contributed by atoms with Gasteiger partial charge in [-0.1, -0.05) is 72.8 Å². The first kappa shape index (κ1) is 39.3. The SMILES string of the molecule is C[Si]1(C)O[Si](C)(C)c2cccc(c2)-n2c3ccc4cc3c3cc(ccc32)[Si](C)(C)O[Si](C)(C)c2ccc3c(c2)c2cc(ccc2n3-c2cccc1c2)[Si](C)(C)O[Si]4(C)C. The fraction of sp³-hybridized carbons (Fsp3) is 0.250. The van der Waals surface area contributed by atoms with Gasteiger partial charge in [0.15, 0.2) is 0 Å². The summed E-state index contributed by atoms with van der Waals surface area (Å²) in [5, 5.41) is 13.0. The Hall–Kier alpha value is -3.90. The molecule has 15 rings (SSSR count). The van der Waals surface area contributed by atoms with Gasteiger partial charge >= 0.3 is 0 Å². The summed E-state index contributed by atoms with van der Waals surface area (Å²) in [6.07, 6.45) is 0. The van der Waals surface area contributed by atoms with Crippen molar-refractivity contribution in [2.24, 2.45) is 0 Å². The summed E-state index contributed by atoms with van der Waals surface area (Å²) in [6, 6.07) is 47.3. The number of nitrogens with zero attached hydrogens (tertiary/aromatic N) is 2. The Morgan fingerprint density at radius 1 is 0.288 bits per heavy atom. The molecule has 0 radical (unpaired) electrons. The zero-order chi connectivity index (χ0) is 41.7. The maximum absolute atomic E-state index is 7.60. The molecule has 0 saturated heterocycles. The molecule has 0 fully saturated rings. The van der Waals surface area contributed by atoms with Crippen molar-refractivity contribution in [3.05, 3.63) is 121 Å². The van der Waals surface area contributed by atoms with Crippen LogP contribution in [0.1, 0.15) is 0 Å². The minimum absolute atomic E-state index is 1.17. The molecule has 7 aliphatic heterocycles. The second-order valence-corrected chi connectivity index (χ2v) is 44.1. The number of hydrogen-bond acceptors (Lipinski definition) is 3. The van der Waals surface area contributed by atoms with Crippen molar-refractivity contribution >= 4 is 125 Å². The highest BCUT2D eigenvalue weighted by Crippen LogP contribution is 2.36. The lowest BCUT2D eigenvalue weighted by atomic mass is 10.1. The molecule has 0 spiro atoms. The van der Waals surface area contributed by atoms with Gasteiger partial charge in [-0.2, -0.15) is 0 Å². The summed E-state index contributed by atoms with van der Waals surface area (Å²) in [6.45, 7) is 28.7. The van der Waals surface area contributed by atoms with Crippen molar-refractivity contribution in [3.8, 4) is 11.4 Å². The molecule has 0 atom stereocenters. The van der Waals surface area contributed by atoms with E-state index in [9.17, 15) is 0 Å². The molecule has 0 aliphatic carbocycles. The van der Waals surface area contributed by atoms with Gasteiger partial charge in [0.1, 0.15) is 0 Å². The van der Waals surface area contributed by atoms with Gasteiger partial charge in [-0.3, -0.25) is 0 Å². The molecular weight excluding hydrogens is 821 g/mol. The lowest BCUT2D eigenvalue weighted by molar-refractivity contribution is 0.572. The monoisotopic (exact) mass is 876 g/mol. The van der Waals surface area contributed by atoms with Crippen molar-refractivity contribution in [3.63, 3.8) is 0 Å². The largest absolute Gasteiger partial charge is 0.449 e. The third-order valence-electron chi connectivity index (χ3n) is 13.4. The van der Waals surface area contributed by atoms with Gasteiger partial charge in [-0.25, -0.2) is 0 Å². The van der Waals surface area contributed by atoms with E-state index in [-0.39, 0.29) is 0 Å². The molecular formula is C48H56N2O3Si6. The highest BCUT2D eigenvalue weighted by Gasteiger charge is 2.40. The van der Waals surface area contributed by atoms with E-state index in [1.807, 2.05) is 0 Å². The zero-order valence-corrected chi connectivity index (χ0v) is 42.7. The molecule has 2 aromatic heterocycles. The van der Waals surface area contributed by atoms with E-state index in [4.69, 9.17) is 12.3 Å². The van der Waals surface area contributed by atoms with Crippen molar-refractivity contribution in [2.45, 2.75) is 78.6 Å². The van der Waals surface area contributed by atoms with E-state index in [0.717, 1.165) is 0 Å². The van der Waals surface area contributed by atoms with Gasteiger partial charge in [-0.15, -0.1) is 0 Å². The molecule has 59 heavy (non-hydrogen) atoms. The van der Waals surface area contributed by atoms with E-state index in [2.05, 4.69) is 209 Å². The molecule has 9 heterocycles. The molecule has 0 amide bonds. The minimum Gasteiger partial charge on any atom is -0.449 e. The Morgan fingerprint density at radius 2 is 0.525 bits per heavy atom. The van der Waals surface area contributed by atoms with Crippen LogP contribution in [0.15, 0.2) is 121 Å². The number of rotatable bonds is 0. The van der Waals surface area contributed by atoms with E-state index >= 15 is 0 Å². The first-order chi connectivity index (χ1) is 27.7. The predicted molar refractivity (Wildman–Crippen MR) is 268 cm³/mol. The Labute approximate surface area is 355 Å². The summed E-state index contributed by atoms with van der Waals surface area (Å²) < 4.78 is 27.7. The summed E-state index contributed by atoms with van der Waals surface area (Å²) in [5.74, 6) is 0. The highest BCUT2D eigenvalue weighted by atomic mass is 28.4. The highest BCUT2D eigenvalue weighted by molar-refractivity contribution is 6.98. The van der Waals surface area contributed by atoms with Gasteiger partial charge in [0.25, 0.3) is 0 Å². The number of hydrogen-bond donors (Lipinski definition) is 0.